The number of methoxy groups -OCH3 is 1. The number of ether oxygens (including phenoxy) is 1. The zero-order valence-electron chi connectivity index (χ0n) is 21.4. The molecule has 1 aromatic carbocycles. The lowest BCUT2D eigenvalue weighted by Crippen LogP contribution is -2.35. The van der Waals surface area contributed by atoms with E-state index in [1.54, 1.807) is 11.7 Å². The van der Waals surface area contributed by atoms with Crippen molar-refractivity contribution in [3.8, 4) is 5.75 Å². The van der Waals surface area contributed by atoms with E-state index < -0.39 is 0 Å². The lowest BCUT2D eigenvalue weighted by atomic mass is 9.98. The summed E-state index contributed by atoms with van der Waals surface area (Å²) in [5, 5.41) is 0. The van der Waals surface area contributed by atoms with Crippen molar-refractivity contribution < 1.29 is 9.53 Å². The van der Waals surface area contributed by atoms with Gasteiger partial charge in [-0.25, -0.2) is 0 Å². The van der Waals surface area contributed by atoms with Crippen molar-refractivity contribution in [3.05, 3.63) is 57.0 Å². The molecule has 5 rings (SSSR count). The Morgan fingerprint density at radius 3 is 2.51 bits per heavy atom. The number of hydrogen-bond donors (Lipinski definition) is 0. The number of benzene rings is 1. The first kappa shape index (κ1) is 23.9. The summed E-state index contributed by atoms with van der Waals surface area (Å²) in [4.78, 5) is 33.2. The van der Waals surface area contributed by atoms with Gasteiger partial charge in [0.1, 0.15) is 11.3 Å². The summed E-state index contributed by atoms with van der Waals surface area (Å²) >= 11 is 0. The van der Waals surface area contributed by atoms with Crippen molar-refractivity contribution in [2.24, 2.45) is 0 Å². The second-order valence-electron chi connectivity index (χ2n) is 10.4. The average Bonchev–Trinajstić information content (AvgIpc) is 3.32. The molecule has 0 atom stereocenters. The van der Waals surface area contributed by atoms with E-state index in [1.165, 1.54) is 29.3 Å². The number of anilines is 1. The molecule has 35 heavy (non-hydrogen) atoms. The lowest BCUT2D eigenvalue weighted by molar-refractivity contribution is 0.0787. The first-order valence-electron chi connectivity index (χ1n) is 13.2. The Labute approximate surface area is 208 Å². The molecule has 0 radical (unpaired) electrons. The molecule has 1 aromatic heterocycles. The molecule has 0 N–H and O–H groups in total. The third-order valence-corrected chi connectivity index (χ3v) is 7.84. The Morgan fingerprint density at radius 1 is 0.971 bits per heavy atom. The second kappa shape index (κ2) is 10.1. The minimum Gasteiger partial charge on any atom is -0.496 e. The van der Waals surface area contributed by atoms with Crippen LogP contribution in [0.5, 0.6) is 5.75 Å². The molecule has 7 nitrogen and oxygen atoms in total. The fraction of sp³-hybridized carbons (Fsp3) is 0.571. The standard InChI is InChI=1S/C28H38N4O3/c1-20(2)31-13-6-7-22-17-21(8-9-23(22)31)19-29-14-10-24-27(28(34)30-11-4-5-12-30)25(35-3)18-26(33)32(24)16-15-29/h8-9,17-18,20H,4-7,10-16,19H2,1-3H3. The van der Waals surface area contributed by atoms with Gasteiger partial charge in [-0.1, -0.05) is 12.1 Å². The number of fused-ring (bicyclic) bond motifs is 2. The van der Waals surface area contributed by atoms with Gasteiger partial charge < -0.3 is 19.1 Å². The van der Waals surface area contributed by atoms with Crippen LogP contribution in [0.15, 0.2) is 29.1 Å². The van der Waals surface area contributed by atoms with E-state index in [9.17, 15) is 9.59 Å². The van der Waals surface area contributed by atoms with Crippen LogP contribution >= 0.6 is 0 Å². The predicted molar refractivity (Wildman–Crippen MR) is 139 cm³/mol. The van der Waals surface area contributed by atoms with Crippen molar-refractivity contribution in [2.45, 2.75) is 65.1 Å². The molecule has 3 aliphatic heterocycles. The molecule has 3 aliphatic rings. The van der Waals surface area contributed by atoms with Crippen molar-refractivity contribution in [2.75, 3.05) is 44.7 Å². The quantitative estimate of drug-likeness (QED) is 0.660. The summed E-state index contributed by atoms with van der Waals surface area (Å²) in [6, 6.07) is 8.93. The van der Waals surface area contributed by atoms with Gasteiger partial charge in [-0.2, -0.15) is 0 Å². The largest absolute Gasteiger partial charge is 0.496 e. The van der Waals surface area contributed by atoms with E-state index >= 15 is 0 Å². The Morgan fingerprint density at radius 2 is 1.77 bits per heavy atom. The Bertz CT molecular complexity index is 1150. The maximum absolute atomic E-state index is 13.4. The normalized spacial score (nSPS) is 18.4. The van der Waals surface area contributed by atoms with Crippen molar-refractivity contribution in [1.29, 1.82) is 0 Å². The minimum absolute atomic E-state index is 0.000874. The summed E-state index contributed by atoms with van der Waals surface area (Å²) in [7, 11) is 1.55. The molecule has 7 heteroatoms. The zero-order valence-corrected chi connectivity index (χ0v) is 21.4. The maximum atomic E-state index is 13.4. The van der Waals surface area contributed by atoms with Gasteiger partial charge in [0, 0.05) is 75.7 Å². The average molecular weight is 479 g/mol. The molecule has 188 valence electrons. The number of rotatable bonds is 5. The van der Waals surface area contributed by atoms with Crippen LogP contribution < -0.4 is 15.2 Å². The number of amides is 1. The molecular formula is C28H38N4O3. The first-order valence-corrected chi connectivity index (χ1v) is 13.2. The summed E-state index contributed by atoms with van der Waals surface area (Å²) in [6.45, 7) is 10.2. The highest BCUT2D eigenvalue weighted by molar-refractivity contribution is 5.98. The molecule has 0 saturated carbocycles. The minimum atomic E-state index is -0.0840. The van der Waals surface area contributed by atoms with Crippen LogP contribution in [0.2, 0.25) is 0 Å². The highest BCUT2D eigenvalue weighted by atomic mass is 16.5. The van der Waals surface area contributed by atoms with E-state index in [2.05, 4.69) is 41.8 Å². The monoisotopic (exact) mass is 478 g/mol. The van der Waals surface area contributed by atoms with Crippen molar-refractivity contribution >= 4 is 11.6 Å². The number of aryl methyl sites for hydroxylation is 1. The summed E-state index contributed by atoms with van der Waals surface area (Å²) < 4.78 is 7.34. The van der Waals surface area contributed by atoms with Crippen LogP contribution in [-0.2, 0) is 25.9 Å². The third kappa shape index (κ3) is 4.70. The van der Waals surface area contributed by atoms with Crippen LogP contribution in [0.4, 0.5) is 5.69 Å². The van der Waals surface area contributed by atoms with Crippen molar-refractivity contribution in [1.82, 2.24) is 14.4 Å². The van der Waals surface area contributed by atoms with E-state index in [0.29, 0.717) is 30.3 Å². The van der Waals surface area contributed by atoms with Crippen LogP contribution in [-0.4, -0.2) is 66.1 Å². The summed E-state index contributed by atoms with van der Waals surface area (Å²) in [5.74, 6) is 0.414. The van der Waals surface area contributed by atoms with Gasteiger partial charge >= 0.3 is 0 Å². The molecule has 0 aliphatic carbocycles. The SMILES string of the molecule is COc1cc(=O)n2c(c1C(=O)N1CCCC1)CCN(Cc1ccc3c(c1)CCCN3C(C)C)CC2. The highest BCUT2D eigenvalue weighted by Gasteiger charge is 2.29. The topological polar surface area (TPSA) is 58.0 Å². The number of nitrogens with zero attached hydrogens (tertiary/aromatic N) is 4. The number of hydrogen-bond acceptors (Lipinski definition) is 5. The van der Waals surface area contributed by atoms with Crippen molar-refractivity contribution in [3.63, 3.8) is 0 Å². The van der Waals surface area contributed by atoms with Gasteiger partial charge in [-0.05, 0) is 56.7 Å². The Hall–Kier alpha value is -2.80. The maximum Gasteiger partial charge on any atom is 0.259 e. The molecule has 2 aromatic rings. The molecule has 0 bridgehead atoms. The summed E-state index contributed by atoms with van der Waals surface area (Å²) in [5.41, 5.74) is 5.46. The van der Waals surface area contributed by atoms with Gasteiger partial charge in [-0.15, -0.1) is 0 Å². The van der Waals surface area contributed by atoms with Crippen LogP contribution in [0.1, 0.15) is 60.3 Å². The van der Waals surface area contributed by atoms with E-state index in [0.717, 1.165) is 64.2 Å². The molecule has 0 unspecified atom stereocenters. The number of likely N-dealkylation sites (tertiary alicyclic amines) is 1. The van der Waals surface area contributed by atoms with E-state index in [-0.39, 0.29) is 11.5 Å². The Kier molecular flexibility index (Phi) is 6.87. The van der Waals surface area contributed by atoms with Crippen LogP contribution in [0.3, 0.4) is 0 Å². The van der Waals surface area contributed by atoms with Crippen LogP contribution in [0.25, 0.3) is 0 Å². The lowest BCUT2D eigenvalue weighted by Gasteiger charge is -2.35. The molecular weight excluding hydrogens is 440 g/mol. The fourth-order valence-corrected chi connectivity index (χ4v) is 5.99. The highest BCUT2D eigenvalue weighted by Crippen LogP contribution is 2.30. The third-order valence-electron chi connectivity index (χ3n) is 7.84. The summed E-state index contributed by atoms with van der Waals surface area (Å²) in [6.07, 6.45) is 5.06. The Balaban J connectivity index is 1.37. The first-order chi connectivity index (χ1) is 17.0. The number of carbonyl (C=O) groups is 1. The fourth-order valence-electron chi connectivity index (χ4n) is 5.99. The smallest absolute Gasteiger partial charge is 0.259 e. The molecule has 1 amide bonds. The second-order valence-corrected chi connectivity index (χ2v) is 10.4. The molecule has 1 fully saturated rings. The van der Waals surface area contributed by atoms with Gasteiger partial charge in [-0.3, -0.25) is 14.5 Å². The zero-order chi connectivity index (χ0) is 24.5. The number of carbonyl (C=O) groups excluding carboxylic acids is 1. The van der Waals surface area contributed by atoms with E-state index in [4.69, 9.17) is 4.74 Å². The molecule has 1 saturated heterocycles. The van der Waals surface area contributed by atoms with Gasteiger partial charge in [0.15, 0.2) is 0 Å². The number of aromatic nitrogens is 1. The molecule has 0 spiro atoms. The molecule has 4 heterocycles. The van der Waals surface area contributed by atoms with Gasteiger partial charge in [0.25, 0.3) is 11.5 Å². The van der Waals surface area contributed by atoms with Gasteiger partial charge in [0.05, 0.1) is 7.11 Å². The van der Waals surface area contributed by atoms with Gasteiger partial charge in [0.2, 0.25) is 0 Å². The predicted octanol–water partition coefficient (Wildman–Crippen LogP) is 3.31. The van der Waals surface area contributed by atoms with Crippen LogP contribution in [0, 0.1) is 0 Å². The number of pyridine rings is 1. The van der Waals surface area contributed by atoms with E-state index in [1.807, 2.05) is 4.90 Å².